The van der Waals surface area contributed by atoms with Gasteiger partial charge in [-0.3, -0.25) is 0 Å². The minimum Gasteiger partial charge on any atom is -0.507 e. The van der Waals surface area contributed by atoms with Gasteiger partial charge >= 0.3 is 0 Å². The minimum absolute atomic E-state index is 0.0901. The van der Waals surface area contributed by atoms with Gasteiger partial charge in [0.25, 0.3) is 0 Å². The molecule has 20 heavy (non-hydrogen) atoms. The smallest absolute Gasteiger partial charge is 0.139 e. The van der Waals surface area contributed by atoms with Crippen molar-refractivity contribution in [2.75, 3.05) is 0 Å². The third kappa shape index (κ3) is 2.30. The maximum Gasteiger partial charge on any atom is 0.139 e. The van der Waals surface area contributed by atoms with E-state index in [9.17, 15) is 5.11 Å². The molecule has 0 bridgehead atoms. The topological polar surface area (TPSA) is 47.9 Å². The van der Waals surface area contributed by atoms with Crippen molar-refractivity contribution in [3.05, 3.63) is 76.3 Å². The normalized spacial score (nSPS) is 12.5. The zero-order valence-corrected chi connectivity index (χ0v) is 12.5. The number of phenols is 1. The molecule has 0 radical (unpaired) electrons. The number of benzene rings is 3. The maximum absolute atomic E-state index is 10.5. The second-order valence-corrected chi connectivity index (χ2v) is 5.74. The third-order valence-electron chi connectivity index (χ3n) is 3.58. The Morgan fingerprint density at radius 1 is 0.900 bits per heavy atom. The predicted molar refractivity (Wildman–Crippen MR) is 84.5 cm³/mol. The number of phenolic OH excluding ortho intramolecular Hbond substituents is 1. The van der Waals surface area contributed by atoms with Gasteiger partial charge in [-0.05, 0) is 23.6 Å². The quantitative estimate of drug-likeness (QED) is 0.741. The van der Waals surface area contributed by atoms with Crippen LogP contribution >= 0.6 is 15.9 Å². The van der Waals surface area contributed by atoms with E-state index >= 15 is 0 Å². The first-order valence-corrected chi connectivity index (χ1v) is 7.25. The summed E-state index contributed by atoms with van der Waals surface area (Å²) in [6, 6.07) is 19.8. The van der Waals surface area contributed by atoms with Crippen LogP contribution in [0.3, 0.4) is 0 Å². The Morgan fingerprint density at radius 3 is 2.35 bits per heavy atom. The van der Waals surface area contributed by atoms with E-state index in [1.807, 2.05) is 60.7 Å². The van der Waals surface area contributed by atoms with Gasteiger partial charge < -0.3 is 10.8 Å². The SMILES string of the molecule is [NH3+]C(c1ccc(Br)cc1)c1ccc2ccccc2c1O. The zero-order chi connectivity index (χ0) is 14.1. The van der Waals surface area contributed by atoms with E-state index in [4.69, 9.17) is 0 Å². The van der Waals surface area contributed by atoms with Crippen molar-refractivity contribution >= 4 is 26.7 Å². The first-order valence-electron chi connectivity index (χ1n) is 6.46. The molecule has 0 aliphatic carbocycles. The molecule has 0 aromatic heterocycles. The van der Waals surface area contributed by atoms with Gasteiger partial charge in [-0.15, -0.1) is 0 Å². The number of aromatic hydroxyl groups is 1. The molecule has 0 fully saturated rings. The second kappa shape index (κ2) is 5.27. The highest BCUT2D eigenvalue weighted by Crippen LogP contribution is 2.33. The Labute approximate surface area is 126 Å². The summed E-state index contributed by atoms with van der Waals surface area (Å²) in [4.78, 5) is 0. The lowest BCUT2D eigenvalue weighted by molar-refractivity contribution is -0.411. The average Bonchev–Trinajstić information content (AvgIpc) is 2.48. The Bertz CT molecular complexity index is 753. The molecule has 0 heterocycles. The summed E-state index contributed by atoms with van der Waals surface area (Å²) in [6.07, 6.45) is 0. The highest BCUT2D eigenvalue weighted by molar-refractivity contribution is 9.10. The van der Waals surface area contributed by atoms with Gasteiger partial charge in [0.05, 0.1) is 5.56 Å². The number of rotatable bonds is 2. The van der Waals surface area contributed by atoms with Crippen molar-refractivity contribution in [3.63, 3.8) is 0 Å². The fourth-order valence-corrected chi connectivity index (χ4v) is 2.69. The monoisotopic (exact) mass is 328 g/mol. The summed E-state index contributed by atoms with van der Waals surface area (Å²) < 4.78 is 1.04. The van der Waals surface area contributed by atoms with Crippen LogP contribution in [0.2, 0.25) is 0 Å². The largest absolute Gasteiger partial charge is 0.507 e. The molecule has 0 spiro atoms. The molecule has 100 valence electrons. The molecular weight excluding hydrogens is 314 g/mol. The van der Waals surface area contributed by atoms with Crippen LogP contribution < -0.4 is 5.73 Å². The molecule has 3 aromatic carbocycles. The number of quaternary nitrogens is 1. The summed E-state index contributed by atoms with van der Waals surface area (Å²) in [5, 5.41) is 12.4. The highest BCUT2D eigenvalue weighted by atomic mass is 79.9. The highest BCUT2D eigenvalue weighted by Gasteiger charge is 2.18. The minimum atomic E-state index is -0.0901. The molecule has 3 heteroatoms. The Balaban J connectivity index is 2.09. The van der Waals surface area contributed by atoms with Crippen molar-refractivity contribution in [1.29, 1.82) is 0 Å². The summed E-state index contributed by atoms with van der Waals surface area (Å²) in [7, 11) is 0. The van der Waals surface area contributed by atoms with Crippen LogP contribution in [0.15, 0.2) is 65.1 Å². The van der Waals surface area contributed by atoms with Crippen molar-refractivity contribution in [3.8, 4) is 5.75 Å². The molecule has 0 aliphatic rings. The third-order valence-corrected chi connectivity index (χ3v) is 4.11. The molecule has 3 rings (SSSR count). The summed E-state index contributed by atoms with van der Waals surface area (Å²) in [5.41, 5.74) is 6.14. The van der Waals surface area contributed by atoms with Crippen LogP contribution in [0.5, 0.6) is 5.75 Å². The molecule has 1 atom stereocenters. The first-order chi connectivity index (χ1) is 9.66. The van der Waals surface area contributed by atoms with Crippen LogP contribution in [0.4, 0.5) is 0 Å². The van der Waals surface area contributed by atoms with Gasteiger partial charge in [0, 0.05) is 15.4 Å². The summed E-state index contributed by atoms with van der Waals surface area (Å²) >= 11 is 3.43. The maximum atomic E-state index is 10.5. The van der Waals surface area contributed by atoms with E-state index in [0.29, 0.717) is 5.75 Å². The van der Waals surface area contributed by atoms with Gasteiger partial charge in [0.15, 0.2) is 0 Å². The lowest BCUT2D eigenvalue weighted by Crippen LogP contribution is -2.54. The van der Waals surface area contributed by atoms with Crippen LogP contribution in [0, 0.1) is 0 Å². The lowest BCUT2D eigenvalue weighted by Gasteiger charge is -2.13. The fourth-order valence-electron chi connectivity index (χ4n) is 2.43. The average molecular weight is 329 g/mol. The van der Waals surface area contributed by atoms with E-state index in [2.05, 4.69) is 21.7 Å². The van der Waals surface area contributed by atoms with E-state index in [0.717, 1.165) is 26.4 Å². The Kier molecular flexibility index (Phi) is 3.47. The molecule has 3 aromatic rings. The molecular formula is C17H15BrNO+. The molecule has 4 N–H and O–H groups in total. The van der Waals surface area contributed by atoms with E-state index in [1.54, 1.807) is 0 Å². The fraction of sp³-hybridized carbons (Fsp3) is 0.0588. The molecule has 0 saturated heterocycles. The van der Waals surface area contributed by atoms with E-state index < -0.39 is 0 Å². The molecule has 0 aliphatic heterocycles. The second-order valence-electron chi connectivity index (χ2n) is 4.83. The van der Waals surface area contributed by atoms with Crippen LogP contribution in [0.25, 0.3) is 10.8 Å². The molecule has 2 nitrogen and oxygen atoms in total. The lowest BCUT2D eigenvalue weighted by atomic mass is 9.96. The molecule has 0 amide bonds. The zero-order valence-electron chi connectivity index (χ0n) is 10.9. The molecule has 0 saturated carbocycles. The number of halogens is 1. The molecule has 1 unspecified atom stereocenters. The number of fused-ring (bicyclic) bond motifs is 1. The van der Waals surface area contributed by atoms with Crippen LogP contribution in [0.1, 0.15) is 17.2 Å². The first kappa shape index (κ1) is 13.2. The van der Waals surface area contributed by atoms with Crippen molar-refractivity contribution in [2.24, 2.45) is 0 Å². The van der Waals surface area contributed by atoms with Gasteiger partial charge in [-0.25, -0.2) is 0 Å². The summed E-state index contributed by atoms with van der Waals surface area (Å²) in [6.45, 7) is 0. The van der Waals surface area contributed by atoms with Crippen molar-refractivity contribution in [2.45, 2.75) is 6.04 Å². The van der Waals surface area contributed by atoms with Crippen LogP contribution in [-0.2, 0) is 0 Å². The van der Waals surface area contributed by atoms with E-state index in [-0.39, 0.29) is 6.04 Å². The van der Waals surface area contributed by atoms with Gasteiger partial charge in [-0.2, -0.15) is 0 Å². The van der Waals surface area contributed by atoms with Gasteiger partial charge in [-0.1, -0.05) is 58.4 Å². The van der Waals surface area contributed by atoms with Crippen molar-refractivity contribution < 1.29 is 10.8 Å². The number of hydrogen-bond donors (Lipinski definition) is 2. The van der Waals surface area contributed by atoms with E-state index in [1.165, 1.54) is 0 Å². The standard InChI is InChI=1S/C17H14BrNO/c18-13-8-5-12(6-9-13)16(19)15-10-7-11-3-1-2-4-14(11)17(15)20/h1-10,16,20H,19H2/p+1. The van der Waals surface area contributed by atoms with Crippen molar-refractivity contribution in [1.82, 2.24) is 0 Å². The Hall–Kier alpha value is -1.84. The summed E-state index contributed by atoms with van der Waals surface area (Å²) in [5.74, 6) is 0.325. The van der Waals surface area contributed by atoms with Crippen LogP contribution in [-0.4, -0.2) is 5.11 Å². The Morgan fingerprint density at radius 2 is 1.60 bits per heavy atom. The van der Waals surface area contributed by atoms with Gasteiger partial charge in [0.1, 0.15) is 11.8 Å². The number of hydrogen-bond acceptors (Lipinski definition) is 1. The predicted octanol–water partition coefficient (Wildman–Crippen LogP) is 3.64. The van der Waals surface area contributed by atoms with Gasteiger partial charge in [0.2, 0.25) is 0 Å².